The van der Waals surface area contributed by atoms with E-state index in [4.69, 9.17) is 5.11 Å². The van der Waals surface area contributed by atoms with E-state index >= 15 is 0 Å². The van der Waals surface area contributed by atoms with Gasteiger partial charge in [-0.2, -0.15) is 0 Å². The molecule has 5 heteroatoms. The minimum absolute atomic E-state index is 0.351. The molecule has 3 nitrogen and oxygen atoms in total. The molecule has 0 aromatic heterocycles. The molecule has 0 radical (unpaired) electrons. The second-order valence-corrected chi connectivity index (χ2v) is 3.47. The van der Waals surface area contributed by atoms with Gasteiger partial charge in [-0.1, -0.05) is 13.0 Å². The molecule has 0 aliphatic carbocycles. The molecule has 86 valence electrons. The quantitative estimate of drug-likeness (QED) is 0.804. The van der Waals surface area contributed by atoms with E-state index in [0.717, 1.165) is 12.1 Å². The van der Waals surface area contributed by atoms with Crippen LogP contribution in [0, 0.1) is 17.6 Å². The molecule has 1 aromatic carbocycles. The Morgan fingerprint density at radius 1 is 1.38 bits per heavy atom. The molecular formula is C11H10F2O3. The average molecular weight is 228 g/mol. The lowest BCUT2D eigenvalue weighted by molar-refractivity contribution is -0.141. The zero-order valence-electron chi connectivity index (χ0n) is 8.54. The van der Waals surface area contributed by atoms with Gasteiger partial charge in [0, 0.05) is 6.42 Å². The fraction of sp³-hybridized carbons (Fsp3) is 0.273. The first-order chi connectivity index (χ1) is 7.43. The summed E-state index contributed by atoms with van der Waals surface area (Å²) in [6, 6.07) is 3.24. The minimum Gasteiger partial charge on any atom is -0.481 e. The van der Waals surface area contributed by atoms with Crippen molar-refractivity contribution in [3.63, 3.8) is 0 Å². The number of hydrogen-bond donors (Lipinski definition) is 1. The minimum atomic E-state index is -1.23. The molecule has 16 heavy (non-hydrogen) atoms. The van der Waals surface area contributed by atoms with Gasteiger partial charge in [-0.05, 0) is 12.1 Å². The van der Waals surface area contributed by atoms with Gasteiger partial charge in [-0.15, -0.1) is 0 Å². The van der Waals surface area contributed by atoms with Crippen LogP contribution in [0.2, 0.25) is 0 Å². The van der Waals surface area contributed by atoms with Crippen molar-refractivity contribution >= 4 is 11.8 Å². The SMILES string of the molecule is CC(CC(=O)c1cccc(F)c1F)C(=O)O. The van der Waals surface area contributed by atoms with Crippen LogP contribution in [0.15, 0.2) is 18.2 Å². The summed E-state index contributed by atoms with van der Waals surface area (Å²) in [5, 5.41) is 8.58. The highest BCUT2D eigenvalue weighted by atomic mass is 19.2. The Morgan fingerprint density at radius 2 is 2.00 bits per heavy atom. The highest BCUT2D eigenvalue weighted by molar-refractivity contribution is 5.98. The first-order valence-electron chi connectivity index (χ1n) is 4.63. The Hall–Kier alpha value is -1.78. The number of carboxylic acid groups (broad SMARTS) is 1. The zero-order valence-corrected chi connectivity index (χ0v) is 8.54. The summed E-state index contributed by atoms with van der Waals surface area (Å²) in [5.41, 5.74) is -0.409. The van der Waals surface area contributed by atoms with Gasteiger partial charge in [0.1, 0.15) is 0 Å². The fourth-order valence-electron chi connectivity index (χ4n) is 1.19. The van der Waals surface area contributed by atoms with Gasteiger partial charge < -0.3 is 5.11 Å². The number of carbonyl (C=O) groups excluding carboxylic acids is 1. The maximum atomic E-state index is 13.2. The third-order valence-electron chi connectivity index (χ3n) is 2.17. The number of rotatable bonds is 4. The van der Waals surface area contributed by atoms with E-state index in [9.17, 15) is 18.4 Å². The number of aliphatic carboxylic acids is 1. The monoisotopic (exact) mass is 228 g/mol. The van der Waals surface area contributed by atoms with Gasteiger partial charge in [0.25, 0.3) is 0 Å². The van der Waals surface area contributed by atoms with Crippen molar-refractivity contribution in [3.8, 4) is 0 Å². The van der Waals surface area contributed by atoms with Gasteiger partial charge in [0.15, 0.2) is 17.4 Å². The second kappa shape index (κ2) is 4.83. The van der Waals surface area contributed by atoms with Crippen LogP contribution < -0.4 is 0 Å². The molecule has 1 rings (SSSR count). The van der Waals surface area contributed by atoms with Gasteiger partial charge in [0.05, 0.1) is 11.5 Å². The van der Waals surface area contributed by atoms with E-state index in [1.807, 2.05) is 0 Å². The van der Waals surface area contributed by atoms with Gasteiger partial charge in [-0.3, -0.25) is 9.59 Å². The van der Waals surface area contributed by atoms with Crippen LogP contribution in [0.25, 0.3) is 0 Å². The van der Waals surface area contributed by atoms with Crippen LogP contribution in [-0.2, 0) is 4.79 Å². The molecule has 1 aromatic rings. The van der Waals surface area contributed by atoms with E-state index in [-0.39, 0.29) is 6.42 Å². The first kappa shape index (κ1) is 12.3. The highest BCUT2D eigenvalue weighted by Crippen LogP contribution is 2.15. The van der Waals surface area contributed by atoms with Crippen molar-refractivity contribution in [1.82, 2.24) is 0 Å². The molecule has 0 saturated heterocycles. The predicted molar refractivity (Wildman–Crippen MR) is 52.1 cm³/mol. The van der Waals surface area contributed by atoms with E-state index in [1.165, 1.54) is 13.0 Å². The number of carbonyl (C=O) groups is 2. The summed E-state index contributed by atoms with van der Waals surface area (Å²) in [5.74, 6) is -5.13. The summed E-state index contributed by atoms with van der Waals surface area (Å²) in [6.07, 6.45) is -0.351. The second-order valence-electron chi connectivity index (χ2n) is 3.47. The smallest absolute Gasteiger partial charge is 0.306 e. The van der Waals surface area contributed by atoms with Crippen molar-refractivity contribution in [2.24, 2.45) is 5.92 Å². The maximum absolute atomic E-state index is 13.2. The van der Waals surface area contributed by atoms with Gasteiger partial charge in [-0.25, -0.2) is 8.78 Å². The van der Waals surface area contributed by atoms with Crippen LogP contribution in [-0.4, -0.2) is 16.9 Å². The van der Waals surface area contributed by atoms with Gasteiger partial charge in [0.2, 0.25) is 0 Å². The highest BCUT2D eigenvalue weighted by Gasteiger charge is 2.20. The third-order valence-corrected chi connectivity index (χ3v) is 2.17. The number of ketones is 1. The number of carboxylic acids is 1. The van der Waals surface area contributed by atoms with Crippen molar-refractivity contribution < 1.29 is 23.5 Å². The summed E-state index contributed by atoms with van der Waals surface area (Å²) in [7, 11) is 0. The molecule has 0 aliphatic heterocycles. The summed E-state index contributed by atoms with van der Waals surface area (Å²) in [4.78, 5) is 22.0. The van der Waals surface area contributed by atoms with E-state index < -0.39 is 34.9 Å². The largest absolute Gasteiger partial charge is 0.481 e. The number of benzene rings is 1. The molecule has 0 aliphatic rings. The lowest BCUT2D eigenvalue weighted by Crippen LogP contribution is -2.15. The summed E-state index contributed by atoms with van der Waals surface area (Å²) >= 11 is 0. The summed E-state index contributed by atoms with van der Waals surface area (Å²) in [6.45, 7) is 1.33. The third kappa shape index (κ3) is 2.62. The number of Topliss-reactive ketones (excluding diaryl/α,β-unsaturated/α-hetero) is 1. The Balaban J connectivity index is 2.89. The molecular weight excluding hydrogens is 218 g/mol. The van der Waals surface area contributed by atoms with E-state index in [0.29, 0.717) is 0 Å². The predicted octanol–water partition coefficient (Wildman–Crippen LogP) is 2.26. The Bertz CT molecular complexity index is 429. The number of hydrogen-bond acceptors (Lipinski definition) is 2. The molecule has 1 unspecified atom stereocenters. The van der Waals surface area contributed by atoms with Crippen molar-refractivity contribution in [1.29, 1.82) is 0 Å². The lowest BCUT2D eigenvalue weighted by atomic mass is 9.99. The van der Waals surface area contributed by atoms with E-state index in [1.54, 1.807) is 0 Å². The van der Waals surface area contributed by atoms with E-state index in [2.05, 4.69) is 0 Å². The first-order valence-corrected chi connectivity index (χ1v) is 4.63. The van der Waals surface area contributed by atoms with Crippen molar-refractivity contribution in [3.05, 3.63) is 35.4 Å². The maximum Gasteiger partial charge on any atom is 0.306 e. The lowest BCUT2D eigenvalue weighted by Gasteiger charge is -2.06. The van der Waals surface area contributed by atoms with Crippen LogP contribution in [0.4, 0.5) is 8.78 Å². The Morgan fingerprint density at radius 3 is 2.56 bits per heavy atom. The van der Waals surface area contributed by atoms with Crippen molar-refractivity contribution in [2.45, 2.75) is 13.3 Å². The van der Waals surface area contributed by atoms with Gasteiger partial charge >= 0.3 is 5.97 Å². The molecule has 0 amide bonds. The topological polar surface area (TPSA) is 54.4 Å². The van der Waals surface area contributed by atoms with Crippen LogP contribution >= 0.6 is 0 Å². The standard InChI is InChI=1S/C11H10F2O3/c1-6(11(15)16)5-9(14)7-3-2-4-8(12)10(7)13/h2-4,6H,5H2,1H3,(H,15,16). The Kier molecular flexibility index (Phi) is 3.71. The summed E-state index contributed by atoms with van der Waals surface area (Å²) < 4.78 is 26.0. The Labute approximate surface area is 90.7 Å². The molecule has 0 fully saturated rings. The van der Waals surface area contributed by atoms with Crippen LogP contribution in [0.5, 0.6) is 0 Å². The van der Waals surface area contributed by atoms with Crippen molar-refractivity contribution in [2.75, 3.05) is 0 Å². The molecule has 0 spiro atoms. The molecule has 0 saturated carbocycles. The van der Waals surface area contributed by atoms with Crippen LogP contribution in [0.3, 0.4) is 0 Å². The average Bonchev–Trinajstić information content (AvgIpc) is 2.21. The normalized spacial score (nSPS) is 12.2. The molecule has 0 heterocycles. The number of halogens is 2. The zero-order chi connectivity index (χ0) is 12.3. The van der Waals surface area contributed by atoms with Crippen LogP contribution in [0.1, 0.15) is 23.7 Å². The molecule has 1 N–H and O–H groups in total. The molecule has 0 bridgehead atoms. The fourth-order valence-corrected chi connectivity index (χ4v) is 1.19. The molecule has 1 atom stereocenters.